The minimum atomic E-state index is -0.467. The highest BCUT2D eigenvalue weighted by Crippen LogP contribution is 2.21. The smallest absolute Gasteiger partial charge is 0.275 e. The summed E-state index contributed by atoms with van der Waals surface area (Å²) in [6.45, 7) is 0. The Morgan fingerprint density at radius 2 is 1.90 bits per heavy atom. The van der Waals surface area contributed by atoms with Crippen molar-refractivity contribution in [1.82, 2.24) is 10.3 Å². The lowest BCUT2D eigenvalue weighted by molar-refractivity contribution is 0.0878. The van der Waals surface area contributed by atoms with E-state index in [0.29, 0.717) is 15.7 Å². The summed E-state index contributed by atoms with van der Waals surface area (Å²) in [7, 11) is 0. The number of aromatic nitrogens is 1. The molecule has 1 aromatic carbocycles. The number of carbonyl (C=O) groups is 3. The number of hydrogen-bond donors (Lipinski definition) is 2. The third kappa shape index (κ3) is 2.43. The van der Waals surface area contributed by atoms with E-state index in [9.17, 15) is 14.4 Å². The molecule has 0 atom stereocenters. The number of hydrogen-bond acceptors (Lipinski definition) is 4. The molecule has 1 aromatic heterocycles. The number of anilines is 1. The van der Waals surface area contributed by atoms with Gasteiger partial charge in [-0.3, -0.25) is 19.7 Å². The number of nitrogens with zero attached hydrogens (tertiary/aromatic N) is 1. The molecule has 2 aromatic rings. The molecule has 1 aliphatic rings. The molecule has 7 heteroatoms. The highest BCUT2D eigenvalue weighted by atomic mass is 79.9. The van der Waals surface area contributed by atoms with E-state index in [0.717, 1.165) is 0 Å². The van der Waals surface area contributed by atoms with Crippen LogP contribution < -0.4 is 10.6 Å². The molecule has 2 heterocycles. The van der Waals surface area contributed by atoms with Crippen LogP contribution in [-0.4, -0.2) is 22.7 Å². The number of nitrogens with one attached hydrogen (secondary N) is 2. The van der Waals surface area contributed by atoms with Crippen molar-refractivity contribution < 1.29 is 14.4 Å². The maximum Gasteiger partial charge on any atom is 0.275 e. The zero-order valence-electron chi connectivity index (χ0n) is 10.5. The minimum absolute atomic E-state index is 0.235. The first-order valence-electron chi connectivity index (χ1n) is 5.98. The van der Waals surface area contributed by atoms with Gasteiger partial charge in [0, 0.05) is 16.4 Å². The van der Waals surface area contributed by atoms with E-state index >= 15 is 0 Å². The Labute approximate surface area is 127 Å². The van der Waals surface area contributed by atoms with Gasteiger partial charge in [0.2, 0.25) is 0 Å². The SMILES string of the molecule is O=C1NC(=O)c2cc(NC(=O)c3ncccc3Br)ccc21. The Morgan fingerprint density at radius 3 is 2.67 bits per heavy atom. The summed E-state index contributed by atoms with van der Waals surface area (Å²) in [5.41, 5.74) is 1.20. The summed E-state index contributed by atoms with van der Waals surface area (Å²) in [5, 5.41) is 4.83. The molecular weight excluding hydrogens is 338 g/mol. The van der Waals surface area contributed by atoms with Gasteiger partial charge in [0.05, 0.1) is 11.1 Å². The van der Waals surface area contributed by atoms with Gasteiger partial charge in [-0.15, -0.1) is 0 Å². The van der Waals surface area contributed by atoms with E-state index in [1.165, 1.54) is 18.3 Å². The summed E-state index contributed by atoms with van der Waals surface area (Å²) < 4.78 is 0.566. The van der Waals surface area contributed by atoms with Crippen LogP contribution in [0.1, 0.15) is 31.2 Å². The number of rotatable bonds is 2. The number of amides is 3. The highest BCUT2D eigenvalue weighted by Gasteiger charge is 2.26. The Kier molecular flexibility index (Phi) is 3.26. The molecule has 6 nitrogen and oxygen atoms in total. The molecule has 21 heavy (non-hydrogen) atoms. The van der Waals surface area contributed by atoms with Gasteiger partial charge in [-0.25, -0.2) is 4.98 Å². The van der Waals surface area contributed by atoms with Gasteiger partial charge in [0.15, 0.2) is 0 Å². The van der Waals surface area contributed by atoms with E-state index < -0.39 is 17.7 Å². The Morgan fingerprint density at radius 1 is 1.14 bits per heavy atom. The summed E-state index contributed by atoms with van der Waals surface area (Å²) in [5.74, 6) is -1.31. The highest BCUT2D eigenvalue weighted by molar-refractivity contribution is 9.10. The van der Waals surface area contributed by atoms with Gasteiger partial charge < -0.3 is 5.32 Å². The molecule has 0 saturated heterocycles. The van der Waals surface area contributed by atoms with Crippen molar-refractivity contribution in [2.75, 3.05) is 5.32 Å². The van der Waals surface area contributed by atoms with Crippen molar-refractivity contribution in [3.63, 3.8) is 0 Å². The average molecular weight is 346 g/mol. The molecule has 0 spiro atoms. The van der Waals surface area contributed by atoms with E-state index in [1.54, 1.807) is 18.2 Å². The van der Waals surface area contributed by atoms with Crippen LogP contribution in [-0.2, 0) is 0 Å². The molecule has 1 aliphatic heterocycles. The van der Waals surface area contributed by atoms with Crippen molar-refractivity contribution in [3.8, 4) is 0 Å². The maximum absolute atomic E-state index is 12.1. The second kappa shape index (κ2) is 5.10. The van der Waals surface area contributed by atoms with Crippen molar-refractivity contribution in [2.45, 2.75) is 0 Å². The van der Waals surface area contributed by atoms with Crippen LogP contribution in [0.4, 0.5) is 5.69 Å². The van der Waals surface area contributed by atoms with Crippen LogP contribution in [0.15, 0.2) is 41.0 Å². The Balaban J connectivity index is 1.88. The molecule has 2 N–H and O–H groups in total. The molecule has 3 amide bonds. The molecule has 0 fully saturated rings. The summed E-state index contributed by atoms with van der Waals surface area (Å²) in [6.07, 6.45) is 1.51. The molecule has 0 saturated carbocycles. The number of imide groups is 1. The number of carbonyl (C=O) groups excluding carboxylic acids is 3. The molecule has 0 unspecified atom stereocenters. The van der Waals surface area contributed by atoms with Gasteiger partial charge in [0.1, 0.15) is 5.69 Å². The van der Waals surface area contributed by atoms with Crippen LogP contribution in [0.25, 0.3) is 0 Å². The lowest BCUT2D eigenvalue weighted by Gasteiger charge is -2.06. The molecule has 0 aliphatic carbocycles. The third-order valence-corrected chi connectivity index (χ3v) is 3.61. The molecule has 3 rings (SSSR count). The predicted molar refractivity (Wildman–Crippen MR) is 78.1 cm³/mol. The second-order valence-electron chi connectivity index (χ2n) is 4.33. The largest absolute Gasteiger partial charge is 0.321 e. The molecule has 104 valence electrons. The lowest BCUT2D eigenvalue weighted by Crippen LogP contribution is -2.19. The first-order valence-corrected chi connectivity index (χ1v) is 6.77. The normalized spacial score (nSPS) is 12.8. The van der Waals surface area contributed by atoms with Crippen molar-refractivity contribution >= 4 is 39.3 Å². The first-order chi connectivity index (χ1) is 10.1. The minimum Gasteiger partial charge on any atom is -0.321 e. The first kappa shape index (κ1) is 13.4. The van der Waals surface area contributed by atoms with Gasteiger partial charge in [-0.2, -0.15) is 0 Å². The molecule has 0 radical (unpaired) electrons. The number of halogens is 1. The molecule has 0 bridgehead atoms. The van der Waals surface area contributed by atoms with Gasteiger partial charge in [-0.1, -0.05) is 0 Å². The van der Waals surface area contributed by atoms with E-state index in [-0.39, 0.29) is 11.3 Å². The number of pyridine rings is 1. The average Bonchev–Trinajstić information content (AvgIpc) is 2.74. The summed E-state index contributed by atoms with van der Waals surface area (Å²) in [4.78, 5) is 39.1. The zero-order valence-corrected chi connectivity index (χ0v) is 12.1. The van der Waals surface area contributed by atoms with Crippen molar-refractivity contribution in [1.29, 1.82) is 0 Å². The predicted octanol–water partition coefficient (Wildman–Crippen LogP) is 1.98. The maximum atomic E-state index is 12.1. The molecular formula is C14H8BrN3O3. The Bertz CT molecular complexity index is 789. The third-order valence-electron chi connectivity index (χ3n) is 2.97. The second-order valence-corrected chi connectivity index (χ2v) is 5.19. The number of fused-ring (bicyclic) bond motifs is 1. The van der Waals surface area contributed by atoms with E-state index in [4.69, 9.17) is 0 Å². The van der Waals surface area contributed by atoms with E-state index in [2.05, 4.69) is 31.5 Å². The fourth-order valence-corrected chi connectivity index (χ4v) is 2.42. The van der Waals surface area contributed by atoms with E-state index in [1.807, 2.05) is 0 Å². The topological polar surface area (TPSA) is 88.2 Å². The van der Waals surface area contributed by atoms with Crippen LogP contribution in [0.5, 0.6) is 0 Å². The van der Waals surface area contributed by atoms with Gasteiger partial charge >= 0.3 is 0 Å². The summed E-state index contributed by atoms with van der Waals surface area (Å²) >= 11 is 3.25. The monoisotopic (exact) mass is 345 g/mol. The summed E-state index contributed by atoms with van der Waals surface area (Å²) in [6, 6.07) is 7.93. The van der Waals surface area contributed by atoms with Crippen LogP contribution in [0, 0.1) is 0 Å². The van der Waals surface area contributed by atoms with Crippen LogP contribution >= 0.6 is 15.9 Å². The Hall–Kier alpha value is -2.54. The van der Waals surface area contributed by atoms with Gasteiger partial charge in [0.25, 0.3) is 17.7 Å². The van der Waals surface area contributed by atoms with Crippen molar-refractivity contribution in [2.24, 2.45) is 0 Å². The quantitative estimate of drug-likeness (QED) is 0.814. The van der Waals surface area contributed by atoms with Crippen LogP contribution in [0.2, 0.25) is 0 Å². The van der Waals surface area contributed by atoms with Crippen molar-refractivity contribution in [3.05, 3.63) is 57.8 Å². The zero-order chi connectivity index (χ0) is 15.0. The standard InChI is InChI=1S/C14H8BrN3O3/c15-10-2-1-5-16-11(10)14(21)17-7-3-4-8-9(6-7)13(20)18-12(8)19/h1-6H,(H,17,21)(H,18,19,20). The lowest BCUT2D eigenvalue weighted by atomic mass is 10.1. The fraction of sp³-hybridized carbons (Fsp3) is 0. The van der Waals surface area contributed by atoms with Crippen LogP contribution in [0.3, 0.4) is 0 Å². The fourth-order valence-electron chi connectivity index (χ4n) is 1.99. The number of benzene rings is 1. The van der Waals surface area contributed by atoms with Gasteiger partial charge in [-0.05, 0) is 46.3 Å².